The van der Waals surface area contributed by atoms with Gasteiger partial charge >= 0.3 is 5.97 Å². The van der Waals surface area contributed by atoms with E-state index < -0.39 is 5.97 Å². The number of ether oxygens (including phenoxy) is 1. The molecule has 2 unspecified atom stereocenters. The highest BCUT2D eigenvalue weighted by atomic mass is 16.5. The van der Waals surface area contributed by atoms with Gasteiger partial charge in [-0.05, 0) is 43.1 Å². The van der Waals surface area contributed by atoms with E-state index in [0.717, 1.165) is 36.3 Å². The molecule has 5 nitrogen and oxygen atoms in total. The second-order valence-corrected chi connectivity index (χ2v) is 6.10. The van der Waals surface area contributed by atoms with Gasteiger partial charge in [0.25, 0.3) is 0 Å². The molecule has 1 aliphatic heterocycles. The molecule has 0 saturated carbocycles. The minimum atomic E-state index is -0.715. The lowest BCUT2D eigenvalue weighted by molar-refractivity contribution is -0.143. The van der Waals surface area contributed by atoms with Gasteiger partial charge in [-0.3, -0.25) is 14.7 Å². The summed E-state index contributed by atoms with van der Waals surface area (Å²) < 4.78 is 5.55. The zero-order valence-corrected chi connectivity index (χ0v) is 13.8. The predicted molar refractivity (Wildman–Crippen MR) is 91.0 cm³/mol. The van der Waals surface area contributed by atoms with Gasteiger partial charge in [0, 0.05) is 24.5 Å². The molecule has 0 spiro atoms. The molecule has 1 aromatic heterocycles. The van der Waals surface area contributed by atoms with Crippen LogP contribution >= 0.6 is 0 Å². The first kappa shape index (κ1) is 16.5. The number of para-hydroxylation sites is 1. The molecular formula is C19H22N2O3. The normalized spacial score (nSPS) is 19.6. The van der Waals surface area contributed by atoms with Crippen molar-refractivity contribution in [2.45, 2.75) is 18.9 Å². The van der Waals surface area contributed by atoms with Gasteiger partial charge in [-0.25, -0.2) is 0 Å². The molecular weight excluding hydrogens is 304 g/mol. The number of aromatic nitrogens is 1. The number of aliphatic carboxylic acids is 1. The van der Waals surface area contributed by atoms with E-state index in [9.17, 15) is 9.90 Å². The number of methoxy groups -OCH3 is 1. The van der Waals surface area contributed by atoms with Gasteiger partial charge in [-0.15, -0.1) is 0 Å². The van der Waals surface area contributed by atoms with Crippen LogP contribution in [0.4, 0.5) is 0 Å². The molecule has 1 N–H and O–H groups in total. The molecule has 1 fully saturated rings. The van der Waals surface area contributed by atoms with E-state index in [2.05, 4.69) is 9.88 Å². The van der Waals surface area contributed by atoms with Crippen LogP contribution in [-0.4, -0.2) is 41.2 Å². The number of likely N-dealkylation sites (tertiary alicyclic amines) is 1. The lowest BCUT2D eigenvalue weighted by Crippen LogP contribution is -2.41. The average Bonchev–Trinajstić information content (AvgIpc) is 2.63. The van der Waals surface area contributed by atoms with Gasteiger partial charge in [0.05, 0.1) is 19.1 Å². The van der Waals surface area contributed by atoms with Crippen LogP contribution in [0.3, 0.4) is 0 Å². The first-order valence-electron chi connectivity index (χ1n) is 8.20. The first-order valence-corrected chi connectivity index (χ1v) is 8.20. The number of carboxylic acid groups (broad SMARTS) is 1. The summed E-state index contributed by atoms with van der Waals surface area (Å²) in [5.41, 5.74) is 2.15. The molecule has 0 bridgehead atoms. The quantitative estimate of drug-likeness (QED) is 0.915. The summed E-state index contributed by atoms with van der Waals surface area (Å²) in [7, 11) is 1.67. The third kappa shape index (κ3) is 3.41. The number of hydrogen-bond acceptors (Lipinski definition) is 4. The molecule has 2 atom stereocenters. The third-order valence-corrected chi connectivity index (χ3v) is 4.62. The second kappa shape index (κ2) is 7.45. The second-order valence-electron chi connectivity index (χ2n) is 6.10. The number of carbonyl (C=O) groups is 1. The van der Waals surface area contributed by atoms with Crippen molar-refractivity contribution < 1.29 is 14.6 Å². The maximum Gasteiger partial charge on any atom is 0.307 e. The Morgan fingerprint density at radius 1 is 1.29 bits per heavy atom. The number of benzene rings is 1. The van der Waals surface area contributed by atoms with Crippen molar-refractivity contribution in [1.82, 2.24) is 9.88 Å². The van der Waals surface area contributed by atoms with Gasteiger partial charge in [-0.2, -0.15) is 0 Å². The van der Waals surface area contributed by atoms with Crippen molar-refractivity contribution in [3.05, 3.63) is 59.9 Å². The number of nitrogens with zero attached hydrogens (tertiary/aromatic N) is 2. The van der Waals surface area contributed by atoms with Crippen LogP contribution in [0.2, 0.25) is 0 Å². The third-order valence-electron chi connectivity index (χ3n) is 4.62. The predicted octanol–water partition coefficient (Wildman–Crippen LogP) is 2.98. The zero-order valence-electron chi connectivity index (χ0n) is 13.8. The lowest BCUT2D eigenvalue weighted by Gasteiger charge is -2.38. The van der Waals surface area contributed by atoms with E-state index in [0.29, 0.717) is 6.54 Å². The summed E-state index contributed by atoms with van der Waals surface area (Å²) in [5.74, 6) is -0.220. The van der Waals surface area contributed by atoms with Gasteiger partial charge < -0.3 is 9.84 Å². The van der Waals surface area contributed by atoms with Crippen LogP contribution in [0.1, 0.15) is 30.0 Å². The van der Waals surface area contributed by atoms with Crippen LogP contribution in [0.5, 0.6) is 5.75 Å². The standard InChI is InChI=1S/C19H22N2O3/c1-24-17-7-3-2-6-16(17)18(14-8-10-20-11-9-14)21-12-4-5-15(13-21)19(22)23/h2-3,6-11,15,18H,4-5,12-13H2,1H3,(H,22,23). The maximum atomic E-state index is 11.5. The number of piperidine rings is 1. The largest absolute Gasteiger partial charge is 0.496 e. The Hall–Kier alpha value is -2.40. The monoisotopic (exact) mass is 326 g/mol. The van der Waals surface area contributed by atoms with Crippen molar-refractivity contribution >= 4 is 5.97 Å². The van der Waals surface area contributed by atoms with Crippen molar-refractivity contribution in [1.29, 1.82) is 0 Å². The van der Waals surface area contributed by atoms with E-state index in [-0.39, 0.29) is 12.0 Å². The van der Waals surface area contributed by atoms with E-state index in [1.54, 1.807) is 19.5 Å². The van der Waals surface area contributed by atoms with Crippen molar-refractivity contribution in [3.63, 3.8) is 0 Å². The molecule has 0 aliphatic carbocycles. The number of rotatable bonds is 5. The number of pyridine rings is 1. The van der Waals surface area contributed by atoms with Crippen LogP contribution in [-0.2, 0) is 4.79 Å². The summed E-state index contributed by atoms with van der Waals surface area (Å²) in [6.07, 6.45) is 5.17. The highest BCUT2D eigenvalue weighted by Crippen LogP contribution is 2.36. The Balaban J connectivity index is 2.01. The molecule has 0 radical (unpaired) electrons. The smallest absolute Gasteiger partial charge is 0.307 e. The average molecular weight is 326 g/mol. The summed E-state index contributed by atoms with van der Waals surface area (Å²) in [5, 5.41) is 9.42. The fraction of sp³-hybridized carbons (Fsp3) is 0.368. The summed E-state index contributed by atoms with van der Waals surface area (Å²) >= 11 is 0. The van der Waals surface area contributed by atoms with Crippen LogP contribution < -0.4 is 4.74 Å². The number of hydrogen-bond donors (Lipinski definition) is 1. The molecule has 126 valence electrons. The Labute approximate surface area is 141 Å². The van der Waals surface area contributed by atoms with Crippen LogP contribution in [0, 0.1) is 5.92 Å². The Morgan fingerprint density at radius 3 is 2.75 bits per heavy atom. The van der Waals surface area contributed by atoms with Crippen molar-refractivity contribution in [3.8, 4) is 5.75 Å². The van der Waals surface area contributed by atoms with E-state index in [4.69, 9.17) is 4.74 Å². The molecule has 24 heavy (non-hydrogen) atoms. The zero-order chi connectivity index (χ0) is 16.9. The van der Waals surface area contributed by atoms with Crippen molar-refractivity contribution in [2.75, 3.05) is 20.2 Å². The molecule has 1 aromatic carbocycles. The molecule has 1 aliphatic rings. The first-order chi connectivity index (χ1) is 11.7. The van der Waals surface area contributed by atoms with Crippen molar-refractivity contribution in [2.24, 2.45) is 5.92 Å². The van der Waals surface area contributed by atoms with Gasteiger partial charge in [-0.1, -0.05) is 18.2 Å². The molecule has 5 heteroatoms. The minimum Gasteiger partial charge on any atom is -0.496 e. The minimum absolute atomic E-state index is 0.0358. The van der Waals surface area contributed by atoms with Gasteiger partial charge in [0.1, 0.15) is 5.75 Å². The highest BCUT2D eigenvalue weighted by molar-refractivity contribution is 5.70. The topological polar surface area (TPSA) is 62.7 Å². The molecule has 1 saturated heterocycles. The SMILES string of the molecule is COc1ccccc1C(c1ccncc1)N1CCCC(C(=O)O)C1. The summed E-state index contributed by atoms with van der Waals surface area (Å²) in [6, 6.07) is 11.9. The summed E-state index contributed by atoms with van der Waals surface area (Å²) in [6.45, 7) is 1.41. The van der Waals surface area contributed by atoms with E-state index >= 15 is 0 Å². The van der Waals surface area contributed by atoms with Crippen LogP contribution in [0.15, 0.2) is 48.8 Å². The molecule has 2 heterocycles. The Kier molecular flexibility index (Phi) is 5.11. The van der Waals surface area contributed by atoms with Gasteiger partial charge in [0.15, 0.2) is 0 Å². The molecule has 3 rings (SSSR count). The fourth-order valence-electron chi connectivity index (χ4n) is 3.47. The highest BCUT2D eigenvalue weighted by Gasteiger charge is 2.32. The van der Waals surface area contributed by atoms with Gasteiger partial charge in [0.2, 0.25) is 0 Å². The van der Waals surface area contributed by atoms with Crippen LogP contribution in [0.25, 0.3) is 0 Å². The molecule has 0 amide bonds. The number of carboxylic acids is 1. The lowest BCUT2D eigenvalue weighted by atomic mass is 9.91. The summed E-state index contributed by atoms with van der Waals surface area (Å²) in [4.78, 5) is 17.8. The fourth-order valence-corrected chi connectivity index (χ4v) is 3.47. The van der Waals surface area contributed by atoms with E-state index in [1.807, 2.05) is 36.4 Å². The molecule has 2 aromatic rings. The maximum absolute atomic E-state index is 11.5. The van der Waals surface area contributed by atoms with E-state index in [1.165, 1.54) is 0 Å². The Morgan fingerprint density at radius 2 is 2.04 bits per heavy atom. The Bertz CT molecular complexity index is 690.